The number of ether oxygens (including phenoxy) is 1. The van der Waals surface area contributed by atoms with Crippen LogP contribution in [0.1, 0.15) is 33.3 Å². The van der Waals surface area contributed by atoms with E-state index in [0.717, 1.165) is 32.0 Å². The van der Waals surface area contributed by atoms with E-state index < -0.39 is 0 Å². The number of hydrogen-bond acceptors (Lipinski definition) is 2. The SMILES string of the molecule is CC.CCN(CC)CCOc1cccc(C)c1. The fourth-order valence-corrected chi connectivity index (χ4v) is 1.54. The van der Waals surface area contributed by atoms with Crippen LogP contribution in [0, 0.1) is 6.92 Å². The van der Waals surface area contributed by atoms with Gasteiger partial charge in [-0.05, 0) is 37.7 Å². The number of hydrogen-bond donors (Lipinski definition) is 0. The van der Waals surface area contributed by atoms with Crippen molar-refractivity contribution in [1.82, 2.24) is 4.90 Å². The molecule has 0 N–H and O–H groups in total. The van der Waals surface area contributed by atoms with Gasteiger partial charge in [0, 0.05) is 6.54 Å². The quantitative estimate of drug-likeness (QED) is 0.747. The topological polar surface area (TPSA) is 12.5 Å². The average Bonchev–Trinajstić information content (AvgIpc) is 2.37. The Morgan fingerprint density at radius 3 is 2.29 bits per heavy atom. The summed E-state index contributed by atoms with van der Waals surface area (Å²) in [6, 6.07) is 8.19. The van der Waals surface area contributed by atoms with Gasteiger partial charge in [-0.1, -0.05) is 39.8 Å². The zero-order valence-corrected chi connectivity index (χ0v) is 12.0. The first-order chi connectivity index (χ1) is 8.26. The van der Waals surface area contributed by atoms with E-state index in [2.05, 4.69) is 37.8 Å². The minimum atomic E-state index is 0.769. The molecule has 0 amide bonds. The van der Waals surface area contributed by atoms with Crippen molar-refractivity contribution in [1.29, 1.82) is 0 Å². The van der Waals surface area contributed by atoms with Crippen LogP contribution in [0.15, 0.2) is 24.3 Å². The van der Waals surface area contributed by atoms with Crippen LogP contribution in [0.3, 0.4) is 0 Å². The van der Waals surface area contributed by atoms with Crippen molar-refractivity contribution >= 4 is 0 Å². The van der Waals surface area contributed by atoms with E-state index in [-0.39, 0.29) is 0 Å². The summed E-state index contributed by atoms with van der Waals surface area (Å²) in [5.74, 6) is 0.974. The average molecular weight is 237 g/mol. The largest absolute Gasteiger partial charge is 0.492 e. The second-order valence-electron chi connectivity index (χ2n) is 3.69. The van der Waals surface area contributed by atoms with Crippen LogP contribution in [0.4, 0.5) is 0 Å². The van der Waals surface area contributed by atoms with Gasteiger partial charge in [0.2, 0.25) is 0 Å². The summed E-state index contributed by atoms with van der Waals surface area (Å²) in [6.45, 7) is 14.4. The van der Waals surface area contributed by atoms with E-state index in [0.29, 0.717) is 0 Å². The Hall–Kier alpha value is -1.02. The third-order valence-corrected chi connectivity index (χ3v) is 2.56. The molecule has 0 aromatic heterocycles. The lowest BCUT2D eigenvalue weighted by Crippen LogP contribution is -2.27. The molecule has 2 heteroatoms. The lowest BCUT2D eigenvalue weighted by atomic mass is 10.2. The molecular formula is C15H27NO. The Labute approximate surface area is 107 Å². The van der Waals surface area contributed by atoms with Crippen LogP contribution in [0.25, 0.3) is 0 Å². The molecule has 0 radical (unpaired) electrons. The van der Waals surface area contributed by atoms with Gasteiger partial charge in [0.1, 0.15) is 12.4 Å². The van der Waals surface area contributed by atoms with Gasteiger partial charge in [-0.25, -0.2) is 0 Å². The van der Waals surface area contributed by atoms with Gasteiger partial charge in [0.15, 0.2) is 0 Å². The summed E-state index contributed by atoms with van der Waals surface area (Å²) in [5.41, 5.74) is 1.25. The second-order valence-corrected chi connectivity index (χ2v) is 3.69. The summed E-state index contributed by atoms with van der Waals surface area (Å²) < 4.78 is 5.68. The maximum Gasteiger partial charge on any atom is 0.119 e. The molecule has 0 heterocycles. The monoisotopic (exact) mass is 237 g/mol. The molecule has 1 rings (SSSR count). The lowest BCUT2D eigenvalue weighted by molar-refractivity contribution is 0.223. The second kappa shape index (κ2) is 10.2. The van der Waals surface area contributed by atoms with Crippen LogP contribution in [-0.2, 0) is 0 Å². The molecular weight excluding hydrogens is 210 g/mol. The van der Waals surface area contributed by atoms with Gasteiger partial charge in [0.25, 0.3) is 0 Å². The highest BCUT2D eigenvalue weighted by Gasteiger charge is 1.99. The molecule has 1 aromatic carbocycles. The minimum Gasteiger partial charge on any atom is -0.492 e. The van der Waals surface area contributed by atoms with Crippen LogP contribution >= 0.6 is 0 Å². The van der Waals surface area contributed by atoms with E-state index in [1.165, 1.54) is 5.56 Å². The lowest BCUT2D eigenvalue weighted by Gasteiger charge is -2.18. The fraction of sp³-hybridized carbons (Fsp3) is 0.600. The van der Waals surface area contributed by atoms with Crippen LogP contribution in [-0.4, -0.2) is 31.1 Å². The van der Waals surface area contributed by atoms with Crippen molar-refractivity contribution in [2.45, 2.75) is 34.6 Å². The first-order valence-electron chi connectivity index (χ1n) is 6.68. The van der Waals surface area contributed by atoms with Gasteiger partial charge in [0.05, 0.1) is 0 Å². The first kappa shape index (κ1) is 16.0. The molecule has 0 aliphatic carbocycles. The Morgan fingerprint density at radius 2 is 1.76 bits per heavy atom. The number of benzene rings is 1. The Morgan fingerprint density at radius 1 is 1.12 bits per heavy atom. The molecule has 0 aliphatic heterocycles. The number of rotatable bonds is 6. The predicted molar refractivity (Wildman–Crippen MR) is 75.8 cm³/mol. The van der Waals surface area contributed by atoms with E-state index in [1.54, 1.807) is 0 Å². The summed E-state index contributed by atoms with van der Waals surface area (Å²) in [5, 5.41) is 0. The maximum absolute atomic E-state index is 5.68. The van der Waals surface area contributed by atoms with Gasteiger partial charge in [-0.2, -0.15) is 0 Å². The standard InChI is InChI=1S/C13H21NO.C2H6/c1-4-14(5-2)9-10-15-13-8-6-7-12(3)11-13;1-2/h6-8,11H,4-5,9-10H2,1-3H3;1-2H3. The van der Waals surface area contributed by atoms with Crippen molar-refractivity contribution in [2.75, 3.05) is 26.2 Å². The zero-order valence-electron chi connectivity index (χ0n) is 12.0. The van der Waals surface area contributed by atoms with E-state index in [4.69, 9.17) is 4.74 Å². The highest BCUT2D eigenvalue weighted by atomic mass is 16.5. The summed E-state index contributed by atoms with van der Waals surface area (Å²) in [4.78, 5) is 2.36. The number of likely N-dealkylation sites (N-methyl/N-ethyl adjacent to an activating group) is 1. The van der Waals surface area contributed by atoms with E-state index in [9.17, 15) is 0 Å². The predicted octanol–water partition coefficient (Wildman–Crippen LogP) is 3.74. The van der Waals surface area contributed by atoms with Crippen molar-refractivity contribution in [3.63, 3.8) is 0 Å². The normalized spacial score (nSPS) is 9.76. The molecule has 0 atom stereocenters. The number of aryl methyl sites for hydroxylation is 1. The Bertz CT molecular complexity index is 282. The third kappa shape index (κ3) is 7.01. The minimum absolute atomic E-state index is 0.769. The summed E-state index contributed by atoms with van der Waals surface area (Å²) >= 11 is 0. The summed E-state index contributed by atoms with van der Waals surface area (Å²) in [7, 11) is 0. The molecule has 0 aliphatic rings. The maximum atomic E-state index is 5.68. The molecule has 1 aromatic rings. The molecule has 0 spiro atoms. The molecule has 0 saturated heterocycles. The number of nitrogens with zero attached hydrogens (tertiary/aromatic N) is 1. The van der Waals surface area contributed by atoms with Gasteiger partial charge >= 0.3 is 0 Å². The first-order valence-corrected chi connectivity index (χ1v) is 6.68. The van der Waals surface area contributed by atoms with Gasteiger partial charge in [-0.3, -0.25) is 0 Å². The van der Waals surface area contributed by atoms with Crippen molar-refractivity contribution in [2.24, 2.45) is 0 Å². The fourth-order valence-electron chi connectivity index (χ4n) is 1.54. The molecule has 0 fully saturated rings. The summed E-state index contributed by atoms with van der Waals surface area (Å²) in [6.07, 6.45) is 0. The Balaban J connectivity index is 0.00000121. The molecule has 2 nitrogen and oxygen atoms in total. The van der Waals surface area contributed by atoms with Crippen molar-refractivity contribution in [3.05, 3.63) is 29.8 Å². The highest BCUT2D eigenvalue weighted by molar-refractivity contribution is 5.27. The van der Waals surface area contributed by atoms with Gasteiger partial charge < -0.3 is 9.64 Å². The van der Waals surface area contributed by atoms with Crippen LogP contribution < -0.4 is 4.74 Å². The molecule has 0 saturated carbocycles. The zero-order chi connectivity index (χ0) is 13.1. The Kier molecular flexibility index (Phi) is 9.55. The molecule has 0 unspecified atom stereocenters. The smallest absolute Gasteiger partial charge is 0.119 e. The molecule has 17 heavy (non-hydrogen) atoms. The van der Waals surface area contributed by atoms with Crippen LogP contribution in [0.5, 0.6) is 5.75 Å². The van der Waals surface area contributed by atoms with Crippen molar-refractivity contribution in [3.8, 4) is 5.75 Å². The van der Waals surface area contributed by atoms with E-state index >= 15 is 0 Å². The van der Waals surface area contributed by atoms with Crippen LogP contribution in [0.2, 0.25) is 0 Å². The van der Waals surface area contributed by atoms with Crippen molar-refractivity contribution < 1.29 is 4.74 Å². The van der Waals surface area contributed by atoms with E-state index in [1.807, 2.05) is 26.0 Å². The molecule has 98 valence electrons. The molecule has 0 bridgehead atoms. The van der Waals surface area contributed by atoms with Gasteiger partial charge in [-0.15, -0.1) is 0 Å². The third-order valence-electron chi connectivity index (χ3n) is 2.56. The highest BCUT2D eigenvalue weighted by Crippen LogP contribution is 2.11.